The Morgan fingerprint density at radius 2 is 1.61 bits per heavy atom. The quantitative estimate of drug-likeness (QED) is 0.149. The van der Waals surface area contributed by atoms with Crippen LogP contribution in [0.15, 0.2) is 22.1 Å². The number of hydrogen-bond acceptors (Lipinski definition) is 7. The minimum atomic E-state index is -3.92. The van der Waals surface area contributed by atoms with Crippen molar-refractivity contribution in [1.82, 2.24) is 4.83 Å². The molecule has 8 nitrogen and oxygen atoms in total. The highest BCUT2D eigenvalue weighted by Crippen LogP contribution is 2.32. The smallest absolute Gasteiger partial charge is 0.323 e. The summed E-state index contributed by atoms with van der Waals surface area (Å²) in [6, 6.07) is 3.55. The molecule has 0 fully saturated rings. The van der Waals surface area contributed by atoms with Crippen molar-refractivity contribution in [3.8, 4) is 0 Å². The molecule has 0 aliphatic heterocycles. The summed E-state index contributed by atoms with van der Waals surface area (Å²) in [6.07, 6.45) is 1.73. The molecule has 0 spiro atoms. The van der Waals surface area contributed by atoms with Crippen LogP contribution in [-0.2, 0) is 29.1 Å². The fourth-order valence-corrected chi connectivity index (χ4v) is 4.96. The number of ether oxygens (including phenoxy) is 2. The van der Waals surface area contributed by atoms with Gasteiger partial charge >= 0.3 is 11.9 Å². The number of sulfonamides is 1. The normalized spacial score (nSPS) is 12.1. The molecule has 174 valence electrons. The lowest BCUT2D eigenvalue weighted by molar-refractivity contribution is -0.172. The van der Waals surface area contributed by atoms with Gasteiger partial charge < -0.3 is 9.47 Å². The summed E-state index contributed by atoms with van der Waals surface area (Å²) in [5.74, 6) is -1.43. The highest BCUT2D eigenvalue weighted by atomic mass is 79.9. The van der Waals surface area contributed by atoms with Crippen LogP contribution in [0.3, 0.4) is 0 Å². The zero-order valence-corrected chi connectivity index (χ0v) is 21.1. The first-order valence-electron chi connectivity index (χ1n) is 10.1. The van der Waals surface area contributed by atoms with E-state index in [1.165, 1.54) is 6.21 Å². The van der Waals surface area contributed by atoms with E-state index in [1.54, 1.807) is 39.8 Å². The van der Waals surface area contributed by atoms with Crippen molar-refractivity contribution in [2.24, 2.45) is 10.5 Å². The minimum Gasteiger partial charge on any atom is -0.465 e. The maximum atomic E-state index is 12.7. The molecule has 1 N–H and O–H groups in total. The molecule has 0 radical (unpaired) electrons. The van der Waals surface area contributed by atoms with Crippen LogP contribution in [0.1, 0.15) is 49.8 Å². The van der Waals surface area contributed by atoms with Crippen molar-refractivity contribution >= 4 is 44.1 Å². The summed E-state index contributed by atoms with van der Waals surface area (Å²) in [6.45, 7) is 8.81. The monoisotopic (exact) mass is 518 g/mol. The van der Waals surface area contributed by atoms with E-state index in [4.69, 9.17) is 9.47 Å². The van der Waals surface area contributed by atoms with Crippen molar-refractivity contribution in [1.29, 1.82) is 0 Å². The van der Waals surface area contributed by atoms with Gasteiger partial charge in [0.1, 0.15) is 0 Å². The van der Waals surface area contributed by atoms with Gasteiger partial charge in [-0.1, -0.05) is 33.6 Å². The molecule has 0 atom stereocenters. The summed E-state index contributed by atoms with van der Waals surface area (Å²) in [4.78, 5) is 27.7. The first-order chi connectivity index (χ1) is 14.6. The Kier molecular flexibility index (Phi) is 10.7. The van der Waals surface area contributed by atoms with Crippen molar-refractivity contribution < 1.29 is 27.5 Å². The highest BCUT2D eigenvalue weighted by Gasteiger charge is 2.47. The molecule has 0 aromatic heterocycles. The standard InChI is InChI=1S/C21H31BrN2O6S/c1-6-29-19(25)21(9-8-11-22,20(26)30-7-2)10-12-23-24-31(27,28)18-16(4)13-15(3)14-17(18)5/h12-14,24H,6-11H2,1-5H3/b23-12+. The topological polar surface area (TPSA) is 111 Å². The molecule has 1 rings (SSSR count). The van der Waals surface area contributed by atoms with Gasteiger partial charge in [-0.25, -0.2) is 4.83 Å². The van der Waals surface area contributed by atoms with E-state index in [1.807, 2.05) is 6.92 Å². The summed E-state index contributed by atoms with van der Waals surface area (Å²) >= 11 is 3.30. The minimum absolute atomic E-state index is 0.101. The van der Waals surface area contributed by atoms with Gasteiger partial charge in [-0.3, -0.25) is 9.59 Å². The van der Waals surface area contributed by atoms with Crippen LogP contribution in [0.5, 0.6) is 0 Å². The molecule has 0 saturated carbocycles. The molecule has 10 heteroatoms. The van der Waals surface area contributed by atoms with Crippen LogP contribution in [-0.4, -0.2) is 45.1 Å². The zero-order chi connectivity index (χ0) is 23.7. The van der Waals surface area contributed by atoms with Gasteiger partial charge in [0.05, 0.1) is 18.1 Å². The third kappa shape index (κ3) is 7.03. The van der Waals surface area contributed by atoms with Gasteiger partial charge in [0.2, 0.25) is 0 Å². The number of alkyl halides is 1. The Labute approximate surface area is 192 Å². The van der Waals surface area contributed by atoms with Gasteiger partial charge in [0.25, 0.3) is 10.0 Å². The second-order valence-electron chi connectivity index (χ2n) is 7.15. The molecule has 0 aliphatic carbocycles. The third-order valence-electron chi connectivity index (χ3n) is 4.65. The largest absolute Gasteiger partial charge is 0.465 e. The van der Waals surface area contributed by atoms with Crippen LogP contribution < -0.4 is 4.83 Å². The van der Waals surface area contributed by atoms with E-state index in [-0.39, 0.29) is 31.0 Å². The number of hydrazone groups is 1. The molecule has 0 amide bonds. The van der Waals surface area contributed by atoms with Crippen LogP contribution >= 0.6 is 15.9 Å². The predicted molar refractivity (Wildman–Crippen MR) is 123 cm³/mol. The Morgan fingerprint density at radius 1 is 1.10 bits per heavy atom. The molecular formula is C21H31BrN2O6S. The molecule has 1 aromatic rings. The number of rotatable bonds is 12. The van der Waals surface area contributed by atoms with Gasteiger partial charge in [0, 0.05) is 18.0 Å². The van der Waals surface area contributed by atoms with E-state index in [2.05, 4.69) is 25.9 Å². The van der Waals surface area contributed by atoms with Crippen LogP contribution in [0.4, 0.5) is 0 Å². The maximum absolute atomic E-state index is 12.7. The summed E-state index contributed by atoms with van der Waals surface area (Å²) in [5, 5.41) is 4.38. The average molecular weight is 519 g/mol. The SMILES string of the molecule is CCOC(=O)C(C/C=N/NS(=O)(=O)c1c(C)cc(C)cc1C)(CCCBr)C(=O)OCC. The number of carbonyl (C=O) groups is 2. The molecule has 0 saturated heterocycles. The summed E-state index contributed by atoms with van der Waals surface area (Å²) < 4.78 is 35.7. The Hall–Kier alpha value is -1.94. The predicted octanol–water partition coefficient (Wildman–Crippen LogP) is 3.55. The summed E-state index contributed by atoms with van der Waals surface area (Å²) in [5.41, 5.74) is 0.567. The molecule has 0 heterocycles. The van der Waals surface area contributed by atoms with Crippen LogP contribution in [0.2, 0.25) is 0 Å². The average Bonchev–Trinajstić information content (AvgIpc) is 2.66. The lowest BCUT2D eigenvalue weighted by Gasteiger charge is -2.27. The Morgan fingerprint density at radius 3 is 2.06 bits per heavy atom. The van der Waals surface area contributed by atoms with Gasteiger partial charge in [-0.2, -0.15) is 13.5 Å². The van der Waals surface area contributed by atoms with Gasteiger partial charge in [-0.15, -0.1) is 0 Å². The molecule has 0 unspecified atom stereocenters. The van der Waals surface area contributed by atoms with Crippen LogP contribution in [0.25, 0.3) is 0 Å². The van der Waals surface area contributed by atoms with Crippen molar-refractivity contribution in [3.63, 3.8) is 0 Å². The number of nitrogens with zero attached hydrogens (tertiary/aromatic N) is 1. The lowest BCUT2D eigenvalue weighted by atomic mass is 9.80. The Balaban J connectivity index is 3.16. The van der Waals surface area contributed by atoms with E-state index in [9.17, 15) is 18.0 Å². The van der Waals surface area contributed by atoms with Gasteiger partial charge in [0.15, 0.2) is 5.41 Å². The number of carbonyl (C=O) groups excluding carboxylic acids is 2. The number of hydrogen-bond donors (Lipinski definition) is 1. The van der Waals surface area contributed by atoms with E-state index < -0.39 is 27.4 Å². The second kappa shape index (κ2) is 12.2. The number of nitrogens with one attached hydrogen (secondary N) is 1. The van der Waals surface area contributed by atoms with Crippen LogP contribution in [0, 0.1) is 26.2 Å². The molecule has 0 bridgehead atoms. The fraction of sp³-hybridized carbons (Fsp3) is 0.571. The fourth-order valence-electron chi connectivity index (χ4n) is 3.41. The molecular weight excluding hydrogens is 488 g/mol. The molecule has 0 aliphatic rings. The Bertz CT molecular complexity index is 873. The number of benzene rings is 1. The van der Waals surface area contributed by atoms with Crippen molar-refractivity contribution in [2.45, 2.75) is 58.8 Å². The summed E-state index contributed by atoms with van der Waals surface area (Å²) in [7, 11) is -3.92. The second-order valence-corrected chi connectivity index (χ2v) is 9.54. The van der Waals surface area contributed by atoms with Crippen molar-refractivity contribution in [2.75, 3.05) is 18.5 Å². The van der Waals surface area contributed by atoms with E-state index in [0.29, 0.717) is 22.9 Å². The van der Waals surface area contributed by atoms with E-state index >= 15 is 0 Å². The number of halogens is 1. The first-order valence-corrected chi connectivity index (χ1v) is 12.7. The third-order valence-corrected chi connectivity index (χ3v) is 6.73. The lowest BCUT2D eigenvalue weighted by Crippen LogP contribution is -2.43. The van der Waals surface area contributed by atoms with Crippen molar-refractivity contribution in [3.05, 3.63) is 28.8 Å². The number of aryl methyl sites for hydroxylation is 3. The molecule has 1 aromatic carbocycles. The maximum Gasteiger partial charge on any atom is 0.323 e. The van der Waals surface area contributed by atoms with E-state index in [0.717, 1.165) is 5.56 Å². The van der Waals surface area contributed by atoms with Gasteiger partial charge in [-0.05, 0) is 58.6 Å². The zero-order valence-electron chi connectivity index (χ0n) is 18.7. The highest BCUT2D eigenvalue weighted by molar-refractivity contribution is 9.09. The first kappa shape index (κ1) is 27.1. The molecule has 31 heavy (non-hydrogen) atoms. The number of esters is 2.